The fourth-order valence-electron chi connectivity index (χ4n) is 1.49. The molecule has 0 radical (unpaired) electrons. The fraction of sp³-hybridized carbons (Fsp3) is 1.00. The van der Waals surface area contributed by atoms with Gasteiger partial charge in [0.1, 0.15) is 0 Å². The summed E-state index contributed by atoms with van der Waals surface area (Å²) in [5.74, 6) is 2.13. The van der Waals surface area contributed by atoms with Gasteiger partial charge in [0.05, 0.1) is 0 Å². The first-order valence-corrected chi connectivity index (χ1v) is 7.32. The second-order valence-corrected chi connectivity index (χ2v) is 5.39. The normalized spacial score (nSPS) is 13.5. The maximum atomic E-state index is 3.65. The van der Waals surface area contributed by atoms with Crippen molar-refractivity contribution in [2.75, 3.05) is 18.6 Å². The van der Waals surface area contributed by atoms with Gasteiger partial charge in [0.15, 0.2) is 0 Å². The average molecular weight is 217 g/mol. The lowest BCUT2D eigenvalue weighted by atomic mass is 10.0. The Morgan fingerprint density at radius 2 is 1.86 bits per heavy atom. The highest BCUT2D eigenvalue weighted by Crippen LogP contribution is 2.11. The third-order valence-corrected chi connectivity index (χ3v) is 3.09. The molecule has 0 aromatic rings. The zero-order valence-corrected chi connectivity index (χ0v) is 11.1. The van der Waals surface area contributed by atoms with Crippen LogP contribution in [0.25, 0.3) is 0 Å². The zero-order valence-electron chi connectivity index (χ0n) is 10.3. The highest BCUT2D eigenvalue weighted by atomic mass is 32.2. The molecule has 0 amide bonds. The first-order valence-electron chi connectivity index (χ1n) is 5.93. The Morgan fingerprint density at radius 1 is 1.14 bits per heavy atom. The molecule has 0 aliphatic rings. The molecule has 0 rings (SSSR count). The number of hydrogen-bond donors (Lipinski definition) is 1. The van der Waals surface area contributed by atoms with Crippen molar-refractivity contribution in [1.29, 1.82) is 0 Å². The molecule has 14 heavy (non-hydrogen) atoms. The summed E-state index contributed by atoms with van der Waals surface area (Å²) >= 11 is 1.96. The molecule has 2 heteroatoms. The minimum atomic E-state index is 0.754. The molecule has 0 aromatic carbocycles. The van der Waals surface area contributed by atoms with Gasteiger partial charge >= 0.3 is 0 Å². The van der Waals surface area contributed by atoms with Crippen LogP contribution in [0, 0.1) is 5.92 Å². The van der Waals surface area contributed by atoms with Crippen molar-refractivity contribution in [2.45, 2.75) is 52.5 Å². The van der Waals surface area contributed by atoms with Gasteiger partial charge < -0.3 is 5.32 Å². The highest BCUT2D eigenvalue weighted by Gasteiger charge is 2.07. The number of hydrogen-bond acceptors (Lipinski definition) is 2. The summed E-state index contributed by atoms with van der Waals surface area (Å²) in [5, 5.41) is 3.65. The molecule has 0 spiro atoms. The Bertz CT molecular complexity index is 107. The molecule has 0 bridgehead atoms. The lowest BCUT2D eigenvalue weighted by molar-refractivity contribution is 0.423. The van der Waals surface area contributed by atoms with Crippen LogP contribution in [0.2, 0.25) is 0 Å². The van der Waals surface area contributed by atoms with Crippen LogP contribution in [-0.4, -0.2) is 24.6 Å². The van der Waals surface area contributed by atoms with E-state index in [0.717, 1.165) is 12.0 Å². The summed E-state index contributed by atoms with van der Waals surface area (Å²) in [5.41, 5.74) is 0. The van der Waals surface area contributed by atoms with Crippen LogP contribution in [0.3, 0.4) is 0 Å². The number of nitrogens with one attached hydrogen (secondary N) is 1. The lowest BCUT2D eigenvalue weighted by Crippen LogP contribution is -2.30. The Labute approximate surface area is 94.4 Å². The number of rotatable bonds is 9. The van der Waals surface area contributed by atoms with Gasteiger partial charge in [-0.05, 0) is 50.2 Å². The second kappa shape index (κ2) is 9.85. The summed E-state index contributed by atoms with van der Waals surface area (Å²) < 4.78 is 0. The molecule has 1 unspecified atom stereocenters. The van der Waals surface area contributed by atoms with Gasteiger partial charge in [-0.1, -0.05) is 20.8 Å². The fourth-order valence-corrected chi connectivity index (χ4v) is 2.01. The second-order valence-electron chi connectivity index (χ2n) is 4.40. The van der Waals surface area contributed by atoms with E-state index in [2.05, 4.69) is 32.3 Å². The zero-order chi connectivity index (χ0) is 10.8. The average Bonchev–Trinajstić information content (AvgIpc) is 2.16. The third kappa shape index (κ3) is 8.89. The van der Waals surface area contributed by atoms with Crippen molar-refractivity contribution in [2.24, 2.45) is 5.92 Å². The van der Waals surface area contributed by atoms with Gasteiger partial charge in [-0.2, -0.15) is 11.8 Å². The Balaban J connectivity index is 3.60. The Hall–Kier alpha value is 0.310. The number of thioether (sulfide) groups is 1. The van der Waals surface area contributed by atoms with E-state index in [9.17, 15) is 0 Å². The molecular weight excluding hydrogens is 190 g/mol. The monoisotopic (exact) mass is 217 g/mol. The molecule has 1 atom stereocenters. The molecule has 1 N–H and O–H groups in total. The van der Waals surface area contributed by atoms with E-state index >= 15 is 0 Å². The highest BCUT2D eigenvalue weighted by molar-refractivity contribution is 7.98. The molecule has 0 aliphatic carbocycles. The summed E-state index contributed by atoms with van der Waals surface area (Å²) in [4.78, 5) is 0. The molecule has 0 heterocycles. The van der Waals surface area contributed by atoms with Crippen molar-refractivity contribution in [3.63, 3.8) is 0 Å². The predicted molar refractivity (Wildman–Crippen MR) is 69.2 cm³/mol. The van der Waals surface area contributed by atoms with E-state index in [0.29, 0.717) is 0 Å². The van der Waals surface area contributed by atoms with E-state index in [4.69, 9.17) is 0 Å². The maximum Gasteiger partial charge on any atom is 0.00750 e. The predicted octanol–water partition coefficient (Wildman–Crippen LogP) is 3.54. The standard InChI is InChI=1S/C12H27NS/c1-5-9-13-12(8-10-14-4)7-6-11(2)3/h11-13H,5-10H2,1-4H3. The Morgan fingerprint density at radius 3 is 2.36 bits per heavy atom. The van der Waals surface area contributed by atoms with Crippen LogP contribution in [-0.2, 0) is 0 Å². The minimum absolute atomic E-state index is 0.754. The van der Waals surface area contributed by atoms with E-state index in [1.807, 2.05) is 11.8 Å². The van der Waals surface area contributed by atoms with Crippen LogP contribution in [0.4, 0.5) is 0 Å². The topological polar surface area (TPSA) is 12.0 Å². The van der Waals surface area contributed by atoms with Crippen LogP contribution in [0.15, 0.2) is 0 Å². The smallest absolute Gasteiger partial charge is 0.00750 e. The molecule has 0 fully saturated rings. The quantitative estimate of drug-likeness (QED) is 0.634. The van der Waals surface area contributed by atoms with Crippen molar-refractivity contribution < 1.29 is 0 Å². The third-order valence-electron chi connectivity index (χ3n) is 2.45. The van der Waals surface area contributed by atoms with Crippen molar-refractivity contribution >= 4 is 11.8 Å². The van der Waals surface area contributed by atoms with E-state index in [1.54, 1.807) is 0 Å². The van der Waals surface area contributed by atoms with Gasteiger partial charge in [-0.3, -0.25) is 0 Å². The molecule has 0 aromatic heterocycles. The van der Waals surface area contributed by atoms with Crippen LogP contribution in [0.1, 0.15) is 46.5 Å². The summed E-state index contributed by atoms with van der Waals surface area (Å²) in [7, 11) is 0. The molecule has 0 saturated carbocycles. The first-order chi connectivity index (χ1) is 6.70. The molecular formula is C12H27NS. The van der Waals surface area contributed by atoms with Crippen LogP contribution < -0.4 is 5.32 Å². The van der Waals surface area contributed by atoms with Gasteiger partial charge in [0.2, 0.25) is 0 Å². The molecule has 0 saturated heterocycles. The van der Waals surface area contributed by atoms with Gasteiger partial charge in [-0.25, -0.2) is 0 Å². The van der Waals surface area contributed by atoms with Crippen LogP contribution >= 0.6 is 11.8 Å². The minimum Gasteiger partial charge on any atom is -0.314 e. The van der Waals surface area contributed by atoms with Crippen molar-refractivity contribution in [3.8, 4) is 0 Å². The molecule has 0 aliphatic heterocycles. The van der Waals surface area contributed by atoms with E-state index < -0.39 is 0 Å². The van der Waals surface area contributed by atoms with Crippen molar-refractivity contribution in [3.05, 3.63) is 0 Å². The van der Waals surface area contributed by atoms with Gasteiger partial charge in [0.25, 0.3) is 0 Å². The van der Waals surface area contributed by atoms with E-state index in [1.165, 1.54) is 38.0 Å². The van der Waals surface area contributed by atoms with Gasteiger partial charge in [0, 0.05) is 6.04 Å². The van der Waals surface area contributed by atoms with Crippen LogP contribution in [0.5, 0.6) is 0 Å². The lowest BCUT2D eigenvalue weighted by Gasteiger charge is -2.19. The Kier molecular flexibility index (Phi) is 10.1. The largest absolute Gasteiger partial charge is 0.314 e. The van der Waals surface area contributed by atoms with E-state index in [-0.39, 0.29) is 0 Å². The summed E-state index contributed by atoms with van der Waals surface area (Å²) in [6, 6.07) is 0.754. The van der Waals surface area contributed by atoms with Gasteiger partial charge in [-0.15, -0.1) is 0 Å². The summed E-state index contributed by atoms with van der Waals surface area (Å²) in [6.07, 6.45) is 7.47. The maximum absolute atomic E-state index is 3.65. The molecule has 86 valence electrons. The summed E-state index contributed by atoms with van der Waals surface area (Å²) in [6.45, 7) is 8.04. The SMILES string of the molecule is CCCNC(CCSC)CCC(C)C. The van der Waals surface area contributed by atoms with Crippen molar-refractivity contribution in [1.82, 2.24) is 5.32 Å². The first kappa shape index (κ1) is 14.3. The molecule has 1 nitrogen and oxygen atoms in total.